The van der Waals surface area contributed by atoms with Gasteiger partial charge in [-0.1, -0.05) is 42.7 Å². The lowest BCUT2D eigenvalue weighted by Crippen LogP contribution is -2.38. The quantitative estimate of drug-likeness (QED) is 0.283. The van der Waals surface area contributed by atoms with Gasteiger partial charge in [-0.15, -0.1) is 24.8 Å². The van der Waals surface area contributed by atoms with Gasteiger partial charge in [-0.05, 0) is 54.8 Å². The van der Waals surface area contributed by atoms with E-state index in [1.54, 1.807) is 18.2 Å². The van der Waals surface area contributed by atoms with Crippen LogP contribution < -0.4 is 16.8 Å². The first kappa shape index (κ1) is 26.5. The second kappa shape index (κ2) is 11.9. The first-order chi connectivity index (χ1) is 15.0. The maximum absolute atomic E-state index is 10.0. The minimum Gasteiger partial charge on any atom is -0.508 e. The predicted molar refractivity (Wildman–Crippen MR) is 142 cm³/mol. The Bertz CT molecular complexity index is 1130. The normalized spacial score (nSPS) is 17.7. The highest BCUT2D eigenvalue weighted by atomic mass is 35.5. The minimum absolute atomic E-state index is 0. The average molecular weight is 510 g/mol. The summed E-state index contributed by atoms with van der Waals surface area (Å²) in [7, 11) is 0. The molecule has 0 spiro atoms. The summed E-state index contributed by atoms with van der Waals surface area (Å²) in [6.45, 7) is 0. The summed E-state index contributed by atoms with van der Waals surface area (Å²) in [5.74, 6) is 1.47. The number of aliphatic imine (C=N–C) groups is 1. The number of guanidine groups is 1. The van der Waals surface area contributed by atoms with E-state index in [0.29, 0.717) is 16.7 Å². The van der Waals surface area contributed by atoms with Crippen LogP contribution in [0.4, 0.5) is 5.82 Å². The van der Waals surface area contributed by atoms with Gasteiger partial charge in [0.1, 0.15) is 11.6 Å². The van der Waals surface area contributed by atoms with Crippen LogP contribution in [0, 0.1) is 0 Å². The van der Waals surface area contributed by atoms with Crippen LogP contribution in [-0.2, 0) is 0 Å². The van der Waals surface area contributed by atoms with E-state index in [1.807, 2.05) is 36.4 Å². The lowest BCUT2D eigenvalue weighted by atomic mass is 9.90. The van der Waals surface area contributed by atoms with E-state index in [4.69, 9.17) is 28.1 Å². The Balaban J connectivity index is 0.00000193. The first-order valence-corrected chi connectivity index (χ1v) is 10.7. The van der Waals surface area contributed by atoms with E-state index >= 15 is 0 Å². The van der Waals surface area contributed by atoms with Crippen LogP contribution in [-0.4, -0.2) is 33.1 Å². The van der Waals surface area contributed by atoms with Crippen LogP contribution in [0.3, 0.4) is 0 Å². The van der Waals surface area contributed by atoms with Crippen molar-refractivity contribution < 1.29 is 5.11 Å². The second-order valence-corrected chi connectivity index (χ2v) is 8.11. The minimum atomic E-state index is -0.0193. The van der Waals surface area contributed by atoms with Crippen molar-refractivity contribution in [1.82, 2.24) is 9.97 Å². The van der Waals surface area contributed by atoms with Gasteiger partial charge in [-0.3, -0.25) is 0 Å². The van der Waals surface area contributed by atoms with Crippen molar-refractivity contribution in [3.8, 4) is 5.75 Å². The molecule has 0 saturated heterocycles. The fourth-order valence-electron chi connectivity index (χ4n) is 3.86. The van der Waals surface area contributed by atoms with Gasteiger partial charge in [0.2, 0.25) is 0 Å². The number of rotatable bonds is 5. The van der Waals surface area contributed by atoms with E-state index in [2.05, 4.69) is 15.3 Å². The molecule has 33 heavy (non-hydrogen) atoms. The molecule has 2 atom stereocenters. The number of benzene rings is 2. The Morgan fingerprint density at radius 2 is 1.76 bits per heavy atom. The van der Waals surface area contributed by atoms with Crippen LogP contribution in [0.1, 0.15) is 37.1 Å². The molecular formula is C23H27Cl3N6O. The Labute approximate surface area is 210 Å². The number of phenolic OH excluding ortho intramolecular Hbond substituents is 1. The van der Waals surface area contributed by atoms with Crippen molar-refractivity contribution in [3.05, 3.63) is 58.9 Å². The molecule has 1 saturated carbocycles. The molecule has 2 aromatic carbocycles. The monoisotopic (exact) mass is 508 g/mol. The van der Waals surface area contributed by atoms with Crippen LogP contribution in [0.2, 0.25) is 5.02 Å². The molecule has 4 rings (SSSR count). The number of phenols is 1. The molecule has 0 aliphatic heterocycles. The van der Waals surface area contributed by atoms with Gasteiger partial charge in [-0.25, -0.2) is 15.0 Å². The van der Waals surface area contributed by atoms with Gasteiger partial charge in [0.05, 0.1) is 17.6 Å². The van der Waals surface area contributed by atoms with E-state index in [-0.39, 0.29) is 48.6 Å². The maximum Gasteiger partial charge on any atom is 0.186 e. The zero-order chi connectivity index (χ0) is 21.8. The summed E-state index contributed by atoms with van der Waals surface area (Å²) < 4.78 is 0. The van der Waals surface area contributed by atoms with Crippen molar-refractivity contribution in [3.63, 3.8) is 0 Å². The number of fused-ring (bicyclic) bond motifs is 1. The summed E-state index contributed by atoms with van der Waals surface area (Å²) in [5, 5.41) is 15.0. The summed E-state index contributed by atoms with van der Waals surface area (Å²) in [5.41, 5.74) is 13.0. The first-order valence-electron chi connectivity index (χ1n) is 10.3. The third-order valence-corrected chi connectivity index (χ3v) is 5.61. The highest BCUT2D eigenvalue weighted by molar-refractivity contribution is 6.30. The number of hydrogen-bond acceptors (Lipinski definition) is 5. The summed E-state index contributed by atoms with van der Waals surface area (Å²) >= 11 is 5.96. The molecule has 3 aromatic rings. The number of nitrogens with two attached hydrogens (primary N) is 2. The molecule has 1 aliphatic rings. The van der Waals surface area contributed by atoms with Crippen molar-refractivity contribution >= 4 is 71.2 Å². The Morgan fingerprint density at radius 3 is 2.48 bits per heavy atom. The van der Waals surface area contributed by atoms with Gasteiger partial charge in [0.15, 0.2) is 11.8 Å². The molecule has 0 amide bonds. The summed E-state index contributed by atoms with van der Waals surface area (Å²) in [6, 6.07) is 12.6. The van der Waals surface area contributed by atoms with E-state index in [0.717, 1.165) is 42.1 Å². The zero-order valence-corrected chi connectivity index (χ0v) is 20.2. The SMILES string of the molecule is Cl.Cl.NC(N)=NC1CCCCC1Nc1nc(/C=C\c2ccc(Cl)cc2)nc2ccc(O)cc12. The van der Waals surface area contributed by atoms with Crippen molar-refractivity contribution in [1.29, 1.82) is 0 Å². The maximum atomic E-state index is 10.0. The molecule has 7 nitrogen and oxygen atoms in total. The molecule has 0 bridgehead atoms. The van der Waals surface area contributed by atoms with Crippen LogP contribution in [0.25, 0.3) is 23.1 Å². The Kier molecular flexibility index (Phi) is 9.58. The number of halogens is 3. The lowest BCUT2D eigenvalue weighted by molar-refractivity contribution is 0.405. The molecule has 0 radical (unpaired) electrons. The second-order valence-electron chi connectivity index (χ2n) is 7.67. The number of aromatic hydroxyl groups is 1. The van der Waals surface area contributed by atoms with Crippen molar-refractivity contribution in [2.75, 3.05) is 5.32 Å². The molecule has 1 aliphatic carbocycles. The topological polar surface area (TPSA) is 122 Å². The van der Waals surface area contributed by atoms with Crippen molar-refractivity contribution in [2.45, 2.75) is 37.8 Å². The van der Waals surface area contributed by atoms with E-state index in [9.17, 15) is 5.11 Å². The molecule has 176 valence electrons. The van der Waals surface area contributed by atoms with Crippen LogP contribution in [0.15, 0.2) is 47.5 Å². The average Bonchev–Trinajstić information content (AvgIpc) is 2.75. The zero-order valence-electron chi connectivity index (χ0n) is 17.8. The molecular weight excluding hydrogens is 483 g/mol. The van der Waals surface area contributed by atoms with Gasteiger partial charge >= 0.3 is 0 Å². The van der Waals surface area contributed by atoms with E-state index in [1.165, 1.54) is 0 Å². The third kappa shape index (κ3) is 6.87. The Hall–Kier alpha value is -2.74. The fourth-order valence-corrected chi connectivity index (χ4v) is 3.99. The molecule has 6 N–H and O–H groups in total. The standard InChI is InChI=1S/C23H25ClN6O.2ClH/c24-15-8-5-14(6-9-15)7-12-21-27-18-11-10-16(31)13-17(18)22(30-21)28-19-3-1-2-4-20(19)29-23(25)26;;/h5-13,19-20,31H,1-4H2,(H4,25,26,29)(H,27,28,30);2*1H/b12-7-;;. The van der Waals surface area contributed by atoms with Crippen LogP contribution >= 0.6 is 36.4 Å². The van der Waals surface area contributed by atoms with Gasteiger partial charge < -0.3 is 21.9 Å². The molecule has 1 heterocycles. The molecule has 1 fully saturated rings. The predicted octanol–water partition coefficient (Wildman–Crippen LogP) is 5.00. The number of nitrogens with zero attached hydrogens (tertiary/aromatic N) is 3. The summed E-state index contributed by atoms with van der Waals surface area (Å²) in [6.07, 6.45) is 7.81. The van der Waals surface area contributed by atoms with E-state index < -0.39 is 0 Å². The van der Waals surface area contributed by atoms with Crippen LogP contribution in [0.5, 0.6) is 5.75 Å². The number of anilines is 1. The number of nitrogens with one attached hydrogen (secondary N) is 1. The molecule has 10 heteroatoms. The summed E-state index contributed by atoms with van der Waals surface area (Å²) in [4.78, 5) is 13.8. The highest BCUT2D eigenvalue weighted by Gasteiger charge is 2.26. The smallest absolute Gasteiger partial charge is 0.186 e. The van der Waals surface area contributed by atoms with Gasteiger partial charge in [0.25, 0.3) is 0 Å². The Morgan fingerprint density at radius 1 is 1.03 bits per heavy atom. The molecule has 1 aromatic heterocycles. The van der Waals surface area contributed by atoms with Crippen molar-refractivity contribution in [2.24, 2.45) is 16.5 Å². The number of aromatic nitrogens is 2. The lowest BCUT2D eigenvalue weighted by Gasteiger charge is -2.30. The number of hydrogen-bond donors (Lipinski definition) is 4. The third-order valence-electron chi connectivity index (χ3n) is 5.36. The van der Waals surface area contributed by atoms with Gasteiger partial charge in [0, 0.05) is 10.4 Å². The van der Waals surface area contributed by atoms with Gasteiger partial charge in [-0.2, -0.15) is 0 Å². The largest absolute Gasteiger partial charge is 0.508 e. The molecule has 2 unspecified atom stereocenters. The fraction of sp³-hybridized carbons (Fsp3) is 0.261. The highest BCUT2D eigenvalue weighted by Crippen LogP contribution is 2.29.